The summed E-state index contributed by atoms with van der Waals surface area (Å²) in [4.78, 5) is 4.30. The standard InChI is InChI=1S/C12H8BrClN2/c1-2-7-3-9(13)4-10-11(14)8(5-15)6-16-12(7)10/h3-4,6H,2H2,1H3. The van der Waals surface area contributed by atoms with E-state index < -0.39 is 0 Å². The first-order chi connectivity index (χ1) is 7.67. The lowest BCUT2D eigenvalue weighted by Gasteiger charge is -2.07. The molecule has 2 rings (SSSR count). The van der Waals surface area contributed by atoms with Crippen LogP contribution in [0.5, 0.6) is 0 Å². The van der Waals surface area contributed by atoms with E-state index in [0.717, 1.165) is 27.4 Å². The average Bonchev–Trinajstić information content (AvgIpc) is 2.29. The normalized spacial score (nSPS) is 10.4. The zero-order valence-electron chi connectivity index (χ0n) is 8.59. The molecule has 0 unspecified atom stereocenters. The number of nitrogens with zero attached hydrogens (tertiary/aromatic N) is 2. The van der Waals surface area contributed by atoms with Crippen LogP contribution in [0.3, 0.4) is 0 Å². The summed E-state index contributed by atoms with van der Waals surface area (Å²) in [5.41, 5.74) is 2.40. The molecule has 0 atom stereocenters. The maximum Gasteiger partial charge on any atom is 0.102 e. The molecule has 0 saturated carbocycles. The number of hydrogen-bond acceptors (Lipinski definition) is 2. The highest BCUT2D eigenvalue weighted by Crippen LogP contribution is 2.30. The van der Waals surface area contributed by atoms with Crippen LogP contribution in [-0.2, 0) is 6.42 Å². The highest BCUT2D eigenvalue weighted by molar-refractivity contribution is 9.10. The largest absolute Gasteiger partial charge is 0.254 e. The summed E-state index contributed by atoms with van der Waals surface area (Å²) in [5.74, 6) is 0. The molecule has 2 aromatic rings. The topological polar surface area (TPSA) is 36.7 Å². The molecule has 0 amide bonds. The third-order valence-electron chi connectivity index (χ3n) is 2.45. The molecule has 0 radical (unpaired) electrons. The fourth-order valence-electron chi connectivity index (χ4n) is 1.65. The van der Waals surface area contributed by atoms with Crippen LogP contribution in [-0.4, -0.2) is 4.98 Å². The maximum atomic E-state index is 8.89. The lowest BCUT2D eigenvalue weighted by atomic mass is 10.1. The highest BCUT2D eigenvalue weighted by Gasteiger charge is 2.10. The third-order valence-corrected chi connectivity index (χ3v) is 3.32. The van der Waals surface area contributed by atoms with Gasteiger partial charge in [-0.25, -0.2) is 0 Å². The highest BCUT2D eigenvalue weighted by atomic mass is 79.9. The Morgan fingerprint density at radius 2 is 2.25 bits per heavy atom. The molecule has 16 heavy (non-hydrogen) atoms. The van der Waals surface area contributed by atoms with Crippen LogP contribution >= 0.6 is 27.5 Å². The van der Waals surface area contributed by atoms with Gasteiger partial charge in [-0.1, -0.05) is 34.5 Å². The van der Waals surface area contributed by atoms with Crippen LogP contribution in [0.25, 0.3) is 10.9 Å². The predicted octanol–water partition coefficient (Wildman–Crippen LogP) is 4.08. The van der Waals surface area contributed by atoms with Crippen molar-refractivity contribution in [1.29, 1.82) is 5.26 Å². The van der Waals surface area contributed by atoms with Gasteiger partial charge in [-0.15, -0.1) is 0 Å². The Hall–Kier alpha value is -1.11. The number of pyridine rings is 1. The molecule has 0 aliphatic rings. The average molecular weight is 296 g/mol. The van der Waals surface area contributed by atoms with E-state index in [4.69, 9.17) is 16.9 Å². The number of rotatable bonds is 1. The molecular formula is C12H8BrClN2. The fourth-order valence-corrected chi connectivity index (χ4v) is 2.39. The van der Waals surface area contributed by atoms with Gasteiger partial charge in [0.2, 0.25) is 0 Å². The van der Waals surface area contributed by atoms with Crippen LogP contribution in [0, 0.1) is 11.3 Å². The van der Waals surface area contributed by atoms with E-state index in [2.05, 4.69) is 27.8 Å². The van der Waals surface area contributed by atoms with Crippen molar-refractivity contribution in [1.82, 2.24) is 4.98 Å². The summed E-state index contributed by atoms with van der Waals surface area (Å²) in [6, 6.07) is 5.95. The second-order valence-corrected chi connectivity index (χ2v) is 4.71. The van der Waals surface area contributed by atoms with E-state index in [-0.39, 0.29) is 0 Å². The Balaban J connectivity index is 2.90. The molecule has 0 spiro atoms. The summed E-state index contributed by atoms with van der Waals surface area (Å²) in [7, 11) is 0. The van der Waals surface area contributed by atoms with Crippen molar-refractivity contribution in [2.24, 2.45) is 0 Å². The van der Waals surface area contributed by atoms with Gasteiger partial charge in [-0.2, -0.15) is 5.26 Å². The predicted molar refractivity (Wildman–Crippen MR) is 68.5 cm³/mol. The van der Waals surface area contributed by atoms with Crippen molar-refractivity contribution >= 4 is 38.4 Å². The van der Waals surface area contributed by atoms with Gasteiger partial charge >= 0.3 is 0 Å². The van der Waals surface area contributed by atoms with Gasteiger partial charge in [0.15, 0.2) is 0 Å². The second-order valence-electron chi connectivity index (χ2n) is 3.41. The van der Waals surface area contributed by atoms with E-state index in [0.29, 0.717) is 10.6 Å². The first kappa shape index (κ1) is 11.4. The molecule has 0 fully saturated rings. The Morgan fingerprint density at radius 3 is 2.88 bits per heavy atom. The van der Waals surface area contributed by atoms with Crippen LogP contribution < -0.4 is 0 Å². The molecule has 1 aromatic heterocycles. The number of aryl methyl sites for hydroxylation is 1. The van der Waals surface area contributed by atoms with Gasteiger partial charge in [-0.05, 0) is 24.1 Å². The minimum atomic E-state index is 0.411. The number of benzene rings is 1. The fraction of sp³-hybridized carbons (Fsp3) is 0.167. The van der Waals surface area contributed by atoms with E-state index in [1.165, 1.54) is 6.20 Å². The molecular weight excluding hydrogens is 288 g/mol. The van der Waals surface area contributed by atoms with Gasteiger partial charge in [0.1, 0.15) is 6.07 Å². The molecule has 0 N–H and O–H groups in total. The molecule has 0 aliphatic carbocycles. The van der Waals surface area contributed by atoms with Gasteiger partial charge in [-0.3, -0.25) is 4.98 Å². The van der Waals surface area contributed by atoms with Crippen molar-refractivity contribution in [3.63, 3.8) is 0 Å². The lowest BCUT2D eigenvalue weighted by molar-refractivity contribution is 1.14. The summed E-state index contributed by atoms with van der Waals surface area (Å²) in [5, 5.41) is 10.2. The van der Waals surface area contributed by atoms with E-state index in [9.17, 15) is 0 Å². The number of hydrogen-bond donors (Lipinski definition) is 0. The zero-order valence-corrected chi connectivity index (χ0v) is 10.9. The second kappa shape index (κ2) is 4.40. The Morgan fingerprint density at radius 1 is 1.50 bits per heavy atom. The minimum absolute atomic E-state index is 0.411. The third kappa shape index (κ3) is 1.79. The molecule has 4 heteroatoms. The van der Waals surface area contributed by atoms with Crippen LogP contribution in [0.4, 0.5) is 0 Å². The first-order valence-corrected chi connectivity index (χ1v) is 6.01. The van der Waals surface area contributed by atoms with Gasteiger partial charge in [0.05, 0.1) is 16.1 Å². The summed E-state index contributed by atoms with van der Waals surface area (Å²) in [6.07, 6.45) is 2.41. The molecule has 0 saturated heterocycles. The minimum Gasteiger partial charge on any atom is -0.254 e. The van der Waals surface area contributed by atoms with Crippen molar-refractivity contribution in [3.8, 4) is 6.07 Å². The van der Waals surface area contributed by atoms with Crippen LogP contribution in [0.15, 0.2) is 22.8 Å². The Labute approximate surface area is 107 Å². The molecule has 0 bridgehead atoms. The SMILES string of the molecule is CCc1cc(Br)cc2c(Cl)c(C#N)cnc12. The summed E-state index contributed by atoms with van der Waals surface area (Å²) in [6.45, 7) is 2.06. The first-order valence-electron chi connectivity index (χ1n) is 4.84. The van der Waals surface area contributed by atoms with Gasteiger partial charge in [0, 0.05) is 16.1 Å². The molecule has 0 aliphatic heterocycles. The Kier molecular flexibility index (Phi) is 3.13. The molecule has 80 valence electrons. The monoisotopic (exact) mass is 294 g/mol. The number of nitriles is 1. The molecule has 2 nitrogen and oxygen atoms in total. The van der Waals surface area contributed by atoms with Crippen molar-refractivity contribution in [2.45, 2.75) is 13.3 Å². The number of aromatic nitrogens is 1. The number of fused-ring (bicyclic) bond motifs is 1. The van der Waals surface area contributed by atoms with Gasteiger partial charge in [0.25, 0.3) is 0 Å². The quantitative estimate of drug-likeness (QED) is 0.794. The van der Waals surface area contributed by atoms with Crippen LogP contribution in [0.1, 0.15) is 18.1 Å². The van der Waals surface area contributed by atoms with Crippen LogP contribution in [0.2, 0.25) is 5.02 Å². The van der Waals surface area contributed by atoms with E-state index in [1.54, 1.807) is 0 Å². The van der Waals surface area contributed by atoms with Crippen molar-refractivity contribution in [2.75, 3.05) is 0 Å². The van der Waals surface area contributed by atoms with Crippen molar-refractivity contribution < 1.29 is 0 Å². The van der Waals surface area contributed by atoms with E-state index >= 15 is 0 Å². The molecule has 1 heterocycles. The maximum absolute atomic E-state index is 8.89. The summed E-state index contributed by atoms with van der Waals surface area (Å²) < 4.78 is 0.954. The van der Waals surface area contributed by atoms with E-state index in [1.807, 2.05) is 18.2 Å². The lowest BCUT2D eigenvalue weighted by Crippen LogP contribution is -1.91. The zero-order chi connectivity index (χ0) is 11.7. The van der Waals surface area contributed by atoms with Crippen molar-refractivity contribution in [3.05, 3.63) is 39.0 Å². The smallest absolute Gasteiger partial charge is 0.102 e. The molecule has 1 aromatic carbocycles. The summed E-state index contributed by atoms with van der Waals surface area (Å²) >= 11 is 9.59. The van der Waals surface area contributed by atoms with Gasteiger partial charge < -0.3 is 0 Å². The number of halogens is 2. The Bertz CT molecular complexity index is 602.